The van der Waals surface area contributed by atoms with Gasteiger partial charge in [0.25, 0.3) is 0 Å². The van der Waals surface area contributed by atoms with Gasteiger partial charge >= 0.3 is 0 Å². The van der Waals surface area contributed by atoms with Crippen molar-refractivity contribution >= 4 is 9.84 Å². The third-order valence-corrected chi connectivity index (χ3v) is 4.27. The first-order valence-corrected chi connectivity index (χ1v) is 7.87. The zero-order valence-electron chi connectivity index (χ0n) is 10.1. The van der Waals surface area contributed by atoms with E-state index in [1.54, 1.807) is 0 Å². The molecule has 4 nitrogen and oxygen atoms in total. The molecule has 1 N–H and O–H groups in total. The zero-order valence-corrected chi connectivity index (χ0v) is 10.9. The van der Waals surface area contributed by atoms with Crippen molar-refractivity contribution < 1.29 is 18.3 Å². The summed E-state index contributed by atoms with van der Waals surface area (Å²) in [5, 5.41) is 10.3. The van der Waals surface area contributed by atoms with Gasteiger partial charge in [-0.3, -0.25) is 0 Å². The van der Waals surface area contributed by atoms with E-state index < -0.39 is 15.4 Å². The molecule has 0 bridgehead atoms. The number of ether oxygens (including phenoxy) is 1. The summed E-state index contributed by atoms with van der Waals surface area (Å²) in [5.74, 6) is 0.261. The van der Waals surface area contributed by atoms with Crippen LogP contribution in [-0.2, 0) is 14.6 Å². The van der Waals surface area contributed by atoms with Gasteiger partial charge in [0.05, 0.1) is 24.6 Å². The molecule has 0 aromatic heterocycles. The largest absolute Gasteiger partial charge is 0.387 e. The second kappa shape index (κ2) is 5.47. The van der Waals surface area contributed by atoms with Crippen LogP contribution in [0, 0.1) is 5.92 Å². The highest BCUT2D eigenvalue weighted by Crippen LogP contribution is 2.33. The summed E-state index contributed by atoms with van der Waals surface area (Å²) >= 11 is 0. The van der Waals surface area contributed by atoms with Crippen molar-refractivity contribution in [2.75, 3.05) is 25.2 Å². The van der Waals surface area contributed by atoms with Crippen molar-refractivity contribution in [2.45, 2.75) is 38.2 Å². The molecule has 0 aromatic carbocycles. The molecule has 96 valence electrons. The van der Waals surface area contributed by atoms with E-state index in [1.807, 2.05) is 6.92 Å². The first kappa shape index (κ1) is 13.9. The molecule has 16 heavy (non-hydrogen) atoms. The lowest BCUT2D eigenvalue weighted by atomic mass is 9.77. The van der Waals surface area contributed by atoms with Crippen LogP contribution in [0.25, 0.3) is 0 Å². The van der Waals surface area contributed by atoms with E-state index in [2.05, 4.69) is 0 Å². The van der Waals surface area contributed by atoms with Gasteiger partial charge in [0.15, 0.2) is 0 Å². The number of rotatable bonds is 5. The van der Waals surface area contributed by atoms with Crippen molar-refractivity contribution in [1.82, 2.24) is 0 Å². The van der Waals surface area contributed by atoms with Gasteiger partial charge in [-0.05, 0) is 18.8 Å². The fraction of sp³-hybridized carbons (Fsp3) is 1.00. The highest BCUT2D eigenvalue weighted by Gasteiger charge is 2.36. The highest BCUT2D eigenvalue weighted by atomic mass is 32.2. The Kier molecular flexibility index (Phi) is 4.76. The van der Waals surface area contributed by atoms with Crippen molar-refractivity contribution in [3.05, 3.63) is 0 Å². The first-order chi connectivity index (χ1) is 7.33. The van der Waals surface area contributed by atoms with Gasteiger partial charge in [-0.2, -0.15) is 0 Å². The van der Waals surface area contributed by atoms with Crippen molar-refractivity contribution in [3.8, 4) is 0 Å². The van der Waals surface area contributed by atoms with E-state index in [0.29, 0.717) is 0 Å². The topological polar surface area (TPSA) is 63.6 Å². The molecular formula is C11H22O4S. The second-order valence-electron chi connectivity index (χ2n) is 4.93. The Bertz CT molecular complexity index is 312. The fourth-order valence-corrected chi connectivity index (χ4v) is 2.49. The molecule has 0 saturated heterocycles. The van der Waals surface area contributed by atoms with Crippen LogP contribution in [-0.4, -0.2) is 44.3 Å². The molecule has 1 saturated carbocycles. The Morgan fingerprint density at radius 3 is 2.69 bits per heavy atom. The molecule has 1 fully saturated rings. The quantitative estimate of drug-likeness (QED) is 0.739. The normalized spacial score (nSPS) is 31.6. The number of aliphatic hydroxyl groups is 1. The molecule has 1 rings (SSSR count). The highest BCUT2D eigenvalue weighted by molar-refractivity contribution is 7.90. The van der Waals surface area contributed by atoms with Crippen LogP contribution in [0.2, 0.25) is 0 Å². The minimum Gasteiger partial charge on any atom is -0.387 e. The first-order valence-electron chi connectivity index (χ1n) is 5.81. The van der Waals surface area contributed by atoms with Crippen molar-refractivity contribution in [3.63, 3.8) is 0 Å². The fourth-order valence-electron chi connectivity index (χ4n) is 2.07. The van der Waals surface area contributed by atoms with Gasteiger partial charge in [-0.15, -0.1) is 0 Å². The molecule has 1 aliphatic rings. The number of hydrogen-bond acceptors (Lipinski definition) is 4. The van der Waals surface area contributed by atoms with E-state index in [1.165, 1.54) is 6.26 Å². The molecule has 0 radical (unpaired) electrons. The lowest BCUT2D eigenvalue weighted by Gasteiger charge is -2.37. The van der Waals surface area contributed by atoms with Gasteiger partial charge in [0.1, 0.15) is 9.84 Å². The predicted octanol–water partition coefficient (Wildman–Crippen LogP) is 0.989. The molecule has 5 heteroatoms. The van der Waals surface area contributed by atoms with Gasteiger partial charge in [-0.25, -0.2) is 8.42 Å². The van der Waals surface area contributed by atoms with Crippen LogP contribution in [0.3, 0.4) is 0 Å². The predicted molar refractivity (Wildman–Crippen MR) is 63.1 cm³/mol. The number of hydrogen-bond donors (Lipinski definition) is 1. The molecular weight excluding hydrogens is 228 g/mol. The summed E-state index contributed by atoms with van der Waals surface area (Å²) in [6, 6.07) is 0. The van der Waals surface area contributed by atoms with Gasteiger partial charge < -0.3 is 9.84 Å². The Labute approximate surface area is 97.9 Å². The Morgan fingerprint density at radius 2 is 2.12 bits per heavy atom. The van der Waals surface area contributed by atoms with Gasteiger partial charge in [-0.1, -0.05) is 19.8 Å². The van der Waals surface area contributed by atoms with Crippen molar-refractivity contribution in [2.24, 2.45) is 5.92 Å². The molecule has 2 atom stereocenters. The van der Waals surface area contributed by atoms with Crippen LogP contribution in [0.15, 0.2) is 0 Å². The average molecular weight is 250 g/mol. The molecule has 0 aliphatic heterocycles. The molecule has 2 unspecified atom stereocenters. The molecule has 0 spiro atoms. The van der Waals surface area contributed by atoms with E-state index in [9.17, 15) is 13.5 Å². The van der Waals surface area contributed by atoms with Gasteiger partial charge in [0, 0.05) is 6.26 Å². The molecule has 1 aliphatic carbocycles. The van der Waals surface area contributed by atoms with Crippen LogP contribution in [0.1, 0.15) is 32.6 Å². The minimum atomic E-state index is -2.97. The molecule has 0 aromatic rings. The maximum Gasteiger partial charge on any atom is 0.149 e. The number of sulfone groups is 1. The SMILES string of the molecule is CC1CCCCC1(O)COCCS(C)(=O)=O. The molecule has 0 amide bonds. The van der Waals surface area contributed by atoms with Crippen molar-refractivity contribution in [1.29, 1.82) is 0 Å². The maximum absolute atomic E-state index is 10.9. The summed E-state index contributed by atoms with van der Waals surface area (Å²) in [5.41, 5.74) is -0.754. The van der Waals surface area contributed by atoms with Crippen LogP contribution >= 0.6 is 0 Å². The third-order valence-electron chi connectivity index (χ3n) is 3.36. The zero-order chi connectivity index (χ0) is 12.2. The summed E-state index contributed by atoms with van der Waals surface area (Å²) in [6.45, 7) is 2.45. The standard InChI is InChI=1S/C11H22O4S/c1-10-5-3-4-6-11(10,12)9-15-7-8-16(2,13)14/h10,12H,3-9H2,1-2H3. The minimum absolute atomic E-state index is 0.0253. The van der Waals surface area contributed by atoms with E-state index in [-0.39, 0.29) is 24.9 Å². The van der Waals surface area contributed by atoms with Crippen LogP contribution in [0.5, 0.6) is 0 Å². The Balaban J connectivity index is 2.30. The third kappa shape index (κ3) is 4.39. The Hall–Kier alpha value is -0.130. The van der Waals surface area contributed by atoms with Gasteiger partial charge in [0.2, 0.25) is 0 Å². The Morgan fingerprint density at radius 1 is 1.44 bits per heavy atom. The van der Waals surface area contributed by atoms with E-state index in [0.717, 1.165) is 25.7 Å². The lowest BCUT2D eigenvalue weighted by Crippen LogP contribution is -2.43. The lowest BCUT2D eigenvalue weighted by molar-refractivity contribution is -0.0977. The summed E-state index contributed by atoms with van der Waals surface area (Å²) < 4.78 is 27.1. The van der Waals surface area contributed by atoms with Crippen LogP contribution in [0.4, 0.5) is 0 Å². The smallest absolute Gasteiger partial charge is 0.149 e. The van der Waals surface area contributed by atoms with E-state index in [4.69, 9.17) is 4.74 Å². The maximum atomic E-state index is 10.9. The summed E-state index contributed by atoms with van der Waals surface area (Å²) in [6.07, 6.45) is 5.15. The van der Waals surface area contributed by atoms with Crippen LogP contribution < -0.4 is 0 Å². The summed E-state index contributed by atoms with van der Waals surface area (Å²) in [4.78, 5) is 0. The average Bonchev–Trinajstić information content (AvgIpc) is 2.17. The summed E-state index contributed by atoms with van der Waals surface area (Å²) in [7, 11) is -2.97. The monoisotopic (exact) mass is 250 g/mol. The second-order valence-corrected chi connectivity index (χ2v) is 7.19. The van der Waals surface area contributed by atoms with E-state index >= 15 is 0 Å². The molecule has 0 heterocycles.